The van der Waals surface area contributed by atoms with Crippen LogP contribution in [0.1, 0.15) is 40.5 Å². The van der Waals surface area contributed by atoms with E-state index < -0.39 is 15.4 Å². The number of nitrogens with one attached hydrogen (secondary N) is 1. The van der Waals surface area contributed by atoms with Crippen LogP contribution in [0.5, 0.6) is 0 Å². The minimum atomic E-state index is -3.00. The van der Waals surface area contributed by atoms with E-state index in [0.29, 0.717) is 6.42 Å². The summed E-state index contributed by atoms with van der Waals surface area (Å²) in [7, 11) is -3.00. The van der Waals surface area contributed by atoms with Crippen LogP contribution < -0.4 is 11.1 Å². The van der Waals surface area contributed by atoms with E-state index in [1.807, 2.05) is 20.8 Å². The van der Waals surface area contributed by atoms with Gasteiger partial charge in [0.25, 0.3) is 0 Å². The molecule has 1 amide bonds. The predicted octanol–water partition coefficient (Wildman–Crippen LogP) is 0.443. The summed E-state index contributed by atoms with van der Waals surface area (Å²) in [4.78, 5) is 11.9. The highest BCUT2D eigenvalue weighted by atomic mass is 32.2. The number of nitrogens with two attached hydrogens (primary N) is 1. The van der Waals surface area contributed by atoms with Gasteiger partial charge in [-0.15, -0.1) is 0 Å². The molecule has 0 aliphatic carbocycles. The Morgan fingerprint density at radius 2 is 2.00 bits per heavy atom. The molecule has 0 aromatic carbocycles. The quantitative estimate of drug-likeness (QED) is 0.783. The molecule has 0 bridgehead atoms. The molecule has 1 heterocycles. The Kier molecular flexibility index (Phi) is 4.13. The van der Waals surface area contributed by atoms with Gasteiger partial charge in [0.2, 0.25) is 5.91 Å². The molecule has 2 unspecified atom stereocenters. The third-order valence-electron chi connectivity index (χ3n) is 3.46. The molecule has 0 aromatic rings. The number of rotatable bonds is 3. The summed E-state index contributed by atoms with van der Waals surface area (Å²) in [6.45, 7) is 7.71. The molecule has 0 radical (unpaired) electrons. The SMILES string of the molecule is CC1(NC(=O)CC(N)C(C)(C)C)CCS(=O)(=O)C1. The van der Waals surface area contributed by atoms with Crippen molar-refractivity contribution in [2.75, 3.05) is 11.5 Å². The molecule has 5 nitrogen and oxygen atoms in total. The standard InChI is InChI=1S/C12H24N2O3S/c1-11(2,3)9(13)7-10(15)14-12(4)5-6-18(16,17)8-12/h9H,5-8,13H2,1-4H3,(H,14,15). The van der Waals surface area contributed by atoms with Crippen molar-refractivity contribution >= 4 is 15.7 Å². The highest BCUT2D eigenvalue weighted by molar-refractivity contribution is 7.91. The Morgan fingerprint density at radius 3 is 2.39 bits per heavy atom. The van der Waals surface area contributed by atoms with Crippen LogP contribution in [0.3, 0.4) is 0 Å². The largest absolute Gasteiger partial charge is 0.350 e. The third kappa shape index (κ3) is 4.24. The number of sulfone groups is 1. The lowest BCUT2D eigenvalue weighted by Crippen LogP contribution is -2.49. The second-order valence-electron chi connectivity index (χ2n) is 6.63. The van der Waals surface area contributed by atoms with Crippen molar-refractivity contribution < 1.29 is 13.2 Å². The molecule has 6 heteroatoms. The van der Waals surface area contributed by atoms with Crippen LogP contribution in [0.4, 0.5) is 0 Å². The van der Waals surface area contributed by atoms with E-state index in [-0.39, 0.29) is 35.3 Å². The first kappa shape index (κ1) is 15.4. The minimum absolute atomic E-state index is 0.0243. The fraction of sp³-hybridized carbons (Fsp3) is 0.917. The van der Waals surface area contributed by atoms with E-state index in [2.05, 4.69) is 5.32 Å². The summed E-state index contributed by atoms with van der Waals surface area (Å²) in [5.41, 5.74) is 5.17. The summed E-state index contributed by atoms with van der Waals surface area (Å²) >= 11 is 0. The van der Waals surface area contributed by atoms with Gasteiger partial charge in [-0.2, -0.15) is 0 Å². The Balaban J connectivity index is 2.56. The second-order valence-corrected chi connectivity index (χ2v) is 8.81. The van der Waals surface area contributed by atoms with Crippen LogP contribution in [-0.2, 0) is 14.6 Å². The lowest BCUT2D eigenvalue weighted by Gasteiger charge is -2.29. The van der Waals surface area contributed by atoms with Crippen molar-refractivity contribution in [1.29, 1.82) is 0 Å². The van der Waals surface area contributed by atoms with Crippen LogP contribution in [0.2, 0.25) is 0 Å². The summed E-state index contributed by atoms with van der Waals surface area (Å²) in [6, 6.07) is -0.237. The van der Waals surface area contributed by atoms with E-state index in [4.69, 9.17) is 5.73 Å². The number of hydrogen-bond acceptors (Lipinski definition) is 4. The number of carbonyl (C=O) groups excluding carboxylic acids is 1. The Morgan fingerprint density at radius 1 is 1.44 bits per heavy atom. The van der Waals surface area contributed by atoms with E-state index in [1.54, 1.807) is 6.92 Å². The zero-order valence-electron chi connectivity index (χ0n) is 11.6. The predicted molar refractivity (Wildman–Crippen MR) is 71.9 cm³/mol. The number of amides is 1. The molecule has 3 N–H and O–H groups in total. The van der Waals surface area contributed by atoms with Gasteiger partial charge in [-0.3, -0.25) is 4.79 Å². The normalized spacial score (nSPS) is 28.9. The van der Waals surface area contributed by atoms with E-state index in [9.17, 15) is 13.2 Å². The molecule has 1 fully saturated rings. The molecule has 0 aromatic heterocycles. The summed E-state index contributed by atoms with van der Waals surface area (Å²) < 4.78 is 22.9. The van der Waals surface area contributed by atoms with Gasteiger partial charge in [0, 0.05) is 12.5 Å². The van der Waals surface area contributed by atoms with E-state index in [1.165, 1.54) is 0 Å². The smallest absolute Gasteiger partial charge is 0.222 e. The molecular weight excluding hydrogens is 252 g/mol. The van der Waals surface area contributed by atoms with Crippen molar-refractivity contribution in [3.8, 4) is 0 Å². The molecule has 0 spiro atoms. The van der Waals surface area contributed by atoms with Crippen LogP contribution in [0, 0.1) is 5.41 Å². The van der Waals surface area contributed by atoms with Gasteiger partial charge in [-0.05, 0) is 18.8 Å². The average Bonchev–Trinajstić information content (AvgIpc) is 2.37. The van der Waals surface area contributed by atoms with Crippen LogP contribution >= 0.6 is 0 Å². The summed E-state index contributed by atoms with van der Waals surface area (Å²) in [6.07, 6.45) is 0.699. The summed E-state index contributed by atoms with van der Waals surface area (Å²) in [5.74, 6) is 0.00280. The van der Waals surface area contributed by atoms with Gasteiger partial charge in [0.05, 0.1) is 17.0 Å². The van der Waals surface area contributed by atoms with Gasteiger partial charge in [0.15, 0.2) is 9.84 Å². The molecule has 106 valence electrons. The lowest BCUT2D eigenvalue weighted by molar-refractivity contribution is -0.123. The molecule has 1 aliphatic heterocycles. The van der Waals surface area contributed by atoms with Crippen molar-refractivity contribution in [2.45, 2.75) is 52.1 Å². The lowest BCUT2D eigenvalue weighted by atomic mass is 9.85. The average molecular weight is 276 g/mol. The fourth-order valence-corrected chi connectivity index (χ4v) is 4.10. The van der Waals surface area contributed by atoms with Gasteiger partial charge in [0.1, 0.15) is 0 Å². The monoisotopic (exact) mass is 276 g/mol. The maximum absolute atomic E-state index is 11.9. The molecule has 1 rings (SSSR count). The van der Waals surface area contributed by atoms with E-state index >= 15 is 0 Å². The van der Waals surface area contributed by atoms with Crippen LogP contribution in [-0.4, -0.2) is 37.4 Å². The molecule has 1 saturated heterocycles. The van der Waals surface area contributed by atoms with Gasteiger partial charge in [-0.25, -0.2) is 8.42 Å². The first-order valence-electron chi connectivity index (χ1n) is 6.21. The maximum atomic E-state index is 11.9. The highest BCUT2D eigenvalue weighted by Crippen LogP contribution is 2.24. The molecule has 0 saturated carbocycles. The minimum Gasteiger partial charge on any atom is -0.350 e. The second kappa shape index (κ2) is 4.81. The van der Waals surface area contributed by atoms with Gasteiger partial charge in [-0.1, -0.05) is 20.8 Å². The molecule has 18 heavy (non-hydrogen) atoms. The Labute approximate surface area is 109 Å². The molecular formula is C12H24N2O3S. The third-order valence-corrected chi connectivity index (χ3v) is 5.37. The topological polar surface area (TPSA) is 89.3 Å². The van der Waals surface area contributed by atoms with Crippen molar-refractivity contribution in [2.24, 2.45) is 11.1 Å². The van der Waals surface area contributed by atoms with E-state index in [0.717, 1.165) is 0 Å². The Bertz CT molecular complexity index is 425. The number of carbonyl (C=O) groups is 1. The molecule has 1 aliphatic rings. The van der Waals surface area contributed by atoms with Crippen molar-refractivity contribution in [1.82, 2.24) is 5.32 Å². The van der Waals surface area contributed by atoms with Crippen LogP contribution in [0.25, 0.3) is 0 Å². The summed E-state index contributed by atoms with van der Waals surface area (Å²) in [5, 5.41) is 2.82. The maximum Gasteiger partial charge on any atom is 0.222 e. The first-order valence-corrected chi connectivity index (χ1v) is 8.03. The highest BCUT2D eigenvalue weighted by Gasteiger charge is 2.39. The molecule has 2 atom stereocenters. The van der Waals surface area contributed by atoms with Gasteiger partial charge < -0.3 is 11.1 Å². The zero-order valence-corrected chi connectivity index (χ0v) is 12.4. The Hall–Kier alpha value is -0.620. The zero-order chi connectivity index (χ0) is 14.2. The van der Waals surface area contributed by atoms with Gasteiger partial charge >= 0.3 is 0 Å². The number of hydrogen-bond donors (Lipinski definition) is 2. The van der Waals surface area contributed by atoms with Crippen molar-refractivity contribution in [3.05, 3.63) is 0 Å². The van der Waals surface area contributed by atoms with Crippen LogP contribution in [0.15, 0.2) is 0 Å². The van der Waals surface area contributed by atoms with Crippen molar-refractivity contribution in [3.63, 3.8) is 0 Å². The fourth-order valence-electron chi connectivity index (χ4n) is 2.00. The first-order chi connectivity index (χ1) is 7.94.